The molecule has 1 aromatic heterocycles. The molecule has 2 aliphatic rings. The maximum Gasteiger partial charge on any atom is 0.269 e. The number of benzene rings is 2. The first-order chi connectivity index (χ1) is 14.0. The van der Waals surface area contributed by atoms with Gasteiger partial charge in [0.25, 0.3) is 5.69 Å². The highest BCUT2D eigenvalue weighted by atomic mass is 79.9. The van der Waals surface area contributed by atoms with E-state index in [1.165, 1.54) is 12.1 Å². The molecule has 0 bridgehead atoms. The molecule has 2 aromatic carbocycles. The lowest BCUT2D eigenvalue weighted by molar-refractivity contribution is -0.384. The van der Waals surface area contributed by atoms with Crippen LogP contribution >= 0.6 is 15.9 Å². The Morgan fingerprint density at radius 2 is 1.97 bits per heavy atom. The van der Waals surface area contributed by atoms with Crippen LogP contribution in [0.25, 0.3) is 0 Å². The molecule has 2 atom stereocenters. The summed E-state index contributed by atoms with van der Waals surface area (Å²) in [4.78, 5) is 10.6. The SMILES string of the molecule is Cc1ccc(C2=NN3[C@@H](C2)c2cc(Br)ccc2O[C@H]3c2ccc([N+](=O)[O-])cc2)o1. The minimum absolute atomic E-state index is 0.0168. The van der Waals surface area contributed by atoms with Crippen LogP contribution in [0.1, 0.15) is 41.3 Å². The Morgan fingerprint density at radius 3 is 2.66 bits per heavy atom. The van der Waals surface area contributed by atoms with Gasteiger partial charge < -0.3 is 9.15 Å². The van der Waals surface area contributed by atoms with Crippen molar-refractivity contribution in [2.24, 2.45) is 5.10 Å². The fourth-order valence-corrected chi connectivity index (χ4v) is 4.16. The van der Waals surface area contributed by atoms with Crippen molar-refractivity contribution in [1.29, 1.82) is 0 Å². The lowest BCUT2D eigenvalue weighted by Crippen LogP contribution is -2.33. The molecule has 3 aromatic rings. The van der Waals surface area contributed by atoms with Crippen LogP contribution < -0.4 is 4.74 Å². The Bertz CT molecular complexity index is 1140. The van der Waals surface area contributed by atoms with Gasteiger partial charge >= 0.3 is 0 Å². The lowest BCUT2D eigenvalue weighted by Gasteiger charge is -2.38. The Hall–Kier alpha value is -3.13. The highest BCUT2D eigenvalue weighted by molar-refractivity contribution is 9.10. The van der Waals surface area contributed by atoms with Crippen molar-refractivity contribution in [2.45, 2.75) is 25.6 Å². The summed E-state index contributed by atoms with van der Waals surface area (Å²) in [6.45, 7) is 1.90. The van der Waals surface area contributed by atoms with Crippen molar-refractivity contribution in [3.8, 4) is 5.75 Å². The number of aryl methyl sites for hydroxylation is 1. The number of nitro groups is 1. The van der Waals surface area contributed by atoms with E-state index in [0.717, 1.165) is 38.6 Å². The second-order valence-corrected chi connectivity index (χ2v) is 7.97. The van der Waals surface area contributed by atoms with Crippen LogP contribution in [0.5, 0.6) is 5.75 Å². The molecule has 8 heteroatoms. The number of furan rings is 1. The van der Waals surface area contributed by atoms with Crippen LogP contribution in [0.3, 0.4) is 0 Å². The number of hydrazone groups is 1. The maximum atomic E-state index is 11.0. The Balaban J connectivity index is 1.58. The normalized spacial score (nSPS) is 19.9. The van der Waals surface area contributed by atoms with Gasteiger partial charge in [-0.1, -0.05) is 15.9 Å². The fraction of sp³-hybridized carbons (Fsp3) is 0.190. The average Bonchev–Trinajstić information content (AvgIpc) is 3.34. The molecule has 29 heavy (non-hydrogen) atoms. The number of fused-ring (bicyclic) bond motifs is 3. The molecule has 7 nitrogen and oxygen atoms in total. The van der Waals surface area contributed by atoms with Gasteiger partial charge in [0.1, 0.15) is 23.0 Å². The maximum absolute atomic E-state index is 11.0. The van der Waals surface area contributed by atoms with Crippen molar-refractivity contribution in [3.63, 3.8) is 0 Å². The van der Waals surface area contributed by atoms with Crippen LogP contribution in [0.15, 0.2) is 68.6 Å². The summed E-state index contributed by atoms with van der Waals surface area (Å²) in [5, 5.41) is 17.7. The number of nitrogens with zero attached hydrogens (tertiary/aromatic N) is 3. The van der Waals surface area contributed by atoms with Crippen molar-refractivity contribution in [3.05, 3.63) is 91.8 Å². The minimum Gasteiger partial charge on any atom is -0.464 e. The number of hydrogen-bond donors (Lipinski definition) is 0. The molecule has 0 N–H and O–H groups in total. The number of rotatable bonds is 3. The van der Waals surface area contributed by atoms with Gasteiger partial charge in [0.2, 0.25) is 6.23 Å². The van der Waals surface area contributed by atoms with Crippen molar-refractivity contribution >= 4 is 27.3 Å². The van der Waals surface area contributed by atoms with Gasteiger partial charge in [-0.25, -0.2) is 5.01 Å². The van der Waals surface area contributed by atoms with Gasteiger partial charge in [0.15, 0.2) is 0 Å². The average molecular weight is 454 g/mol. The van der Waals surface area contributed by atoms with E-state index < -0.39 is 11.2 Å². The van der Waals surface area contributed by atoms with Crippen molar-refractivity contribution in [1.82, 2.24) is 5.01 Å². The Morgan fingerprint density at radius 1 is 1.17 bits per heavy atom. The molecule has 0 amide bonds. The quantitative estimate of drug-likeness (QED) is 0.386. The first kappa shape index (κ1) is 17.9. The van der Waals surface area contributed by atoms with Crippen LogP contribution in [-0.4, -0.2) is 15.6 Å². The topological polar surface area (TPSA) is 81.1 Å². The van der Waals surface area contributed by atoms with Crippen LogP contribution in [0.2, 0.25) is 0 Å². The second kappa shape index (κ2) is 6.73. The van der Waals surface area contributed by atoms with Crippen LogP contribution in [0, 0.1) is 17.0 Å². The Labute approximate surface area is 174 Å². The molecular weight excluding hydrogens is 438 g/mol. The predicted molar refractivity (Wildman–Crippen MR) is 110 cm³/mol. The molecule has 0 radical (unpaired) electrons. The number of nitro benzene ring substituents is 1. The largest absolute Gasteiger partial charge is 0.464 e. The number of non-ortho nitro benzene ring substituents is 1. The molecule has 0 aliphatic carbocycles. The van der Waals surface area contributed by atoms with Crippen molar-refractivity contribution in [2.75, 3.05) is 0 Å². The van der Waals surface area contributed by atoms with Gasteiger partial charge in [-0.3, -0.25) is 10.1 Å². The zero-order valence-corrected chi connectivity index (χ0v) is 17.0. The smallest absolute Gasteiger partial charge is 0.269 e. The molecule has 0 saturated heterocycles. The molecule has 0 saturated carbocycles. The molecular formula is C21H16BrN3O4. The Kier molecular flexibility index (Phi) is 4.16. The molecule has 5 rings (SSSR count). The van der Waals surface area contributed by atoms with E-state index in [1.54, 1.807) is 12.1 Å². The summed E-state index contributed by atoms with van der Waals surface area (Å²) in [6, 6.07) is 16.2. The minimum atomic E-state index is -0.483. The zero-order chi connectivity index (χ0) is 20.1. The molecule has 0 fully saturated rings. The monoisotopic (exact) mass is 453 g/mol. The summed E-state index contributed by atoms with van der Waals surface area (Å²) >= 11 is 3.54. The van der Waals surface area contributed by atoms with E-state index in [4.69, 9.17) is 14.3 Å². The first-order valence-corrected chi connectivity index (χ1v) is 9.92. The van der Waals surface area contributed by atoms with Crippen molar-refractivity contribution < 1.29 is 14.1 Å². The zero-order valence-electron chi connectivity index (χ0n) is 15.4. The molecule has 0 spiro atoms. The summed E-state index contributed by atoms with van der Waals surface area (Å²) in [5.74, 6) is 2.36. The standard InChI is InChI=1S/C21H16BrN3O4/c1-12-2-8-20(28-12)17-11-18-16-10-14(22)5-9-19(16)29-21(24(18)23-17)13-3-6-15(7-4-13)25(26)27/h2-10,18,21H,11H2,1H3/t18-,21-/m0/s1. The van der Waals surface area contributed by atoms with Gasteiger partial charge in [-0.2, -0.15) is 5.10 Å². The van der Waals surface area contributed by atoms with E-state index in [9.17, 15) is 10.1 Å². The third kappa shape index (κ3) is 3.09. The summed E-state index contributed by atoms with van der Waals surface area (Å²) < 4.78 is 13.0. The first-order valence-electron chi connectivity index (χ1n) is 9.13. The number of hydrogen-bond acceptors (Lipinski definition) is 6. The number of halogens is 1. The third-order valence-electron chi connectivity index (χ3n) is 5.17. The summed E-state index contributed by atoms with van der Waals surface area (Å²) in [6.07, 6.45) is 0.200. The van der Waals surface area contributed by atoms with Gasteiger partial charge in [0.05, 0.1) is 11.0 Å². The number of ether oxygens (including phenoxy) is 1. The summed E-state index contributed by atoms with van der Waals surface area (Å²) in [5.41, 5.74) is 2.74. The second-order valence-electron chi connectivity index (χ2n) is 7.06. The molecule has 2 aliphatic heterocycles. The summed E-state index contributed by atoms with van der Waals surface area (Å²) in [7, 11) is 0. The molecule has 146 valence electrons. The highest BCUT2D eigenvalue weighted by Crippen LogP contribution is 2.48. The van der Waals surface area contributed by atoms with Gasteiger partial charge in [0, 0.05) is 34.2 Å². The lowest BCUT2D eigenvalue weighted by atomic mass is 9.97. The van der Waals surface area contributed by atoms with E-state index in [-0.39, 0.29) is 11.7 Å². The predicted octanol–water partition coefficient (Wildman–Crippen LogP) is 5.50. The van der Waals surface area contributed by atoms with Gasteiger partial charge in [-0.05, 0) is 49.4 Å². The van der Waals surface area contributed by atoms with Crippen LogP contribution in [-0.2, 0) is 0 Å². The van der Waals surface area contributed by atoms with E-state index in [2.05, 4.69) is 15.9 Å². The van der Waals surface area contributed by atoms with Crippen LogP contribution in [0.4, 0.5) is 5.69 Å². The third-order valence-corrected chi connectivity index (χ3v) is 5.66. The van der Waals surface area contributed by atoms with E-state index in [0.29, 0.717) is 6.42 Å². The molecule has 0 unspecified atom stereocenters. The molecule has 3 heterocycles. The highest BCUT2D eigenvalue weighted by Gasteiger charge is 2.41. The van der Waals surface area contributed by atoms with E-state index >= 15 is 0 Å². The fourth-order valence-electron chi connectivity index (χ4n) is 3.78. The van der Waals surface area contributed by atoms with Gasteiger partial charge in [-0.15, -0.1) is 0 Å². The van der Waals surface area contributed by atoms with E-state index in [1.807, 2.05) is 42.3 Å².